The largest absolute Gasteiger partial charge is 0.495 e. The van der Waals surface area contributed by atoms with Crippen LogP contribution in [0, 0.1) is 4.77 Å². The molecule has 1 heterocycles. The van der Waals surface area contributed by atoms with Gasteiger partial charge in [0.15, 0.2) is 4.77 Å². The van der Waals surface area contributed by atoms with Crippen LogP contribution in [0.5, 0.6) is 17.4 Å². The number of rotatable bonds is 6. The first kappa shape index (κ1) is 23.2. The first-order chi connectivity index (χ1) is 16.5. The maximum Gasteiger partial charge on any atom is 0.290 e. The summed E-state index contributed by atoms with van der Waals surface area (Å²) in [5, 5.41) is 19.7. The van der Waals surface area contributed by atoms with E-state index in [4.69, 9.17) is 33.3 Å². The van der Waals surface area contributed by atoms with E-state index in [1.807, 2.05) is 0 Å². The Morgan fingerprint density at radius 3 is 1.94 bits per heavy atom. The summed E-state index contributed by atoms with van der Waals surface area (Å²) in [5.41, 5.74) is 0.0839. The monoisotopic (exact) mass is 494 g/mol. The van der Waals surface area contributed by atoms with Gasteiger partial charge < -0.3 is 14.6 Å². The number of hydrogen-bond acceptors (Lipinski definition) is 7. The molecule has 0 saturated carbocycles. The number of methoxy groups -OCH3 is 2. The lowest BCUT2D eigenvalue weighted by Gasteiger charge is -2.18. The van der Waals surface area contributed by atoms with Crippen LogP contribution in [0.15, 0.2) is 87.8 Å². The third kappa shape index (κ3) is 4.18. The fourth-order valence-corrected chi connectivity index (χ4v) is 3.91. The van der Waals surface area contributed by atoms with E-state index in [2.05, 4.69) is 10.2 Å². The van der Waals surface area contributed by atoms with E-state index in [1.165, 1.54) is 23.4 Å². The zero-order chi connectivity index (χ0) is 24.2. The summed E-state index contributed by atoms with van der Waals surface area (Å²) in [6.45, 7) is 0. The Bertz CT molecular complexity index is 1510. The highest BCUT2D eigenvalue weighted by Crippen LogP contribution is 2.34. The molecule has 4 rings (SSSR count). The molecule has 1 N–H and O–H groups in total. The number of azo groups is 1. The predicted molar refractivity (Wildman–Crippen MR) is 133 cm³/mol. The van der Waals surface area contributed by atoms with Crippen molar-refractivity contribution in [2.24, 2.45) is 10.2 Å². The number of benzene rings is 3. The number of aromatic nitrogens is 2. The maximum atomic E-state index is 13.6. The minimum atomic E-state index is -0.686. The van der Waals surface area contributed by atoms with Gasteiger partial charge in [-0.05, 0) is 48.6 Å². The second-order valence-electron chi connectivity index (χ2n) is 6.93. The molecule has 1 aromatic heterocycles. The summed E-state index contributed by atoms with van der Waals surface area (Å²) in [5.74, 6) is 0.330. The van der Waals surface area contributed by atoms with Crippen molar-refractivity contribution in [3.8, 4) is 28.8 Å². The zero-order valence-electron chi connectivity index (χ0n) is 18.2. The molecule has 0 atom stereocenters. The van der Waals surface area contributed by atoms with E-state index in [0.717, 1.165) is 0 Å². The van der Waals surface area contributed by atoms with Gasteiger partial charge >= 0.3 is 0 Å². The minimum Gasteiger partial charge on any atom is -0.495 e. The molecular formula is C24H19ClN4O4S. The Balaban J connectivity index is 2.09. The number of halogens is 1. The SMILES string of the molecule is COc1ccccc1-n1c(O)c(N=Nc2ccccc2Cl)c(=O)n(-c2ccccc2OC)c1=S. The topological polar surface area (TPSA) is 90.3 Å². The Morgan fingerprint density at radius 1 is 0.824 bits per heavy atom. The van der Waals surface area contributed by atoms with Gasteiger partial charge in [-0.3, -0.25) is 9.36 Å². The number of aromatic hydroxyl groups is 1. The van der Waals surface area contributed by atoms with Crippen molar-refractivity contribution in [1.82, 2.24) is 9.13 Å². The highest BCUT2D eigenvalue weighted by molar-refractivity contribution is 7.71. The Labute approximate surface area is 204 Å². The average Bonchev–Trinajstić information content (AvgIpc) is 2.85. The molecule has 34 heavy (non-hydrogen) atoms. The van der Waals surface area contributed by atoms with Crippen LogP contribution in [-0.4, -0.2) is 28.5 Å². The normalized spacial score (nSPS) is 11.0. The van der Waals surface area contributed by atoms with Crippen molar-refractivity contribution < 1.29 is 14.6 Å². The van der Waals surface area contributed by atoms with Crippen LogP contribution in [0.4, 0.5) is 11.4 Å². The summed E-state index contributed by atoms with van der Waals surface area (Å²) in [6, 6.07) is 20.6. The van der Waals surface area contributed by atoms with E-state index in [0.29, 0.717) is 33.6 Å². The van der Waals surface area contributed by atoms with Gasteiger partial charge in [-0.15, -0.1) is 10.2 Å². The van der Waals surface area contributed by atoms with Crippen molar-refractivity contribution in [2.45, 2.75) is 0 Å². The van der Waals surface area contributed by atoms with Gasteiger partial charge in [0.25, 0.3) is 5.56 Å². The first-order valence-electron chi connectivity index (χ1n) is 10.0. The van der Waals surface area contributed by atoms with Crippen molar-refractivity contribution in [1.29, 1.82) is 0 Å². The second-order valence-corrected chi connectivity index (χ2v) is 7.70. The van der Waals surface area contributed by atoms with Crippen molar-refractivity contribution in [3.05, 3.63) is 92.9 Å². The third-order valence-corrected chi connectivity index (χ3v) is 5.66. The van der Waals surface area contributed by atoms with Crippen molar-refractivity contribution >= 4 is 35.2 Å². The molecule has 0 aliphatic rings. The van der Waals surface area contributed by atoms with Gasteiger partial charge in [0.05, 0.1) is 30.6 Å². The van der Waals surface area contributed by atoms with Crippen LogP contribution in [0.2, 0.25) is 5.02 Å². The van der Waals surface area contributed by atoms with Gasteiger partial charge in [0, 0.05) is 0 Å². The van der Waals surface area contributed by atoms with E-state index in [1.54, 1.807) is 72.8 Å². The Hall–Kier alpha value is -3.95. The van der Waals surface area contributed by atoms with Crippen LogP contribution in [0.3, 0.4) is 0 Å². The summed E-state index contributed by atoms with van der Waals surface area (Å²) < 4.78 is 13.4. The maximum absolute atomic E-state index is 13.6. The zero-order valence-corrected chi connectivity index (χ0v) is 19.7. The fraction of sp³-hybridized carbons (Fsp3) is 0.0833. The molecule has 4 aromatic rings. The molecule has 8 nitrogen and oxygen atoms in total. The third-order valence-electron chi connectivity index (χ3n) is 4.97. The summed E-state index contributed by atoms with van der Waals surface area (Å²) in [6.07, 6.45) is 0. The standard InChI is InChI=1S/C24H19ClN4O4S/c1-32-19-13-7-5-11-17(19)28-22(30)21(27-26-16-10-4-3-9-15(16)25)23(31)29(24(28)34)18-12-6-8-14-20(18)33-2/h3-14,30H,1-2H3. The molecule has 0 saturated heterocycles. The first-order valence-corrected chi connectivity index (χ1v) is 10.8. The lowest BCUT2D eigenvalue weighted by atomic mass is 10.2. The van der Waals surface area contributed by atoms with E-state index in [-0.39, 0.29) is 10.5 Å². The van der Waals surface area contributed by atoms with Crippen LogP contribution in [0.1, 0.15) is 0 Å². The van der Waals surface area contributed by atoms with Gasteiger partial charge in [0.2, 0.25) is 11.6 Å². The highest BCUT2D eigenvalue weighted by Gasteiger charge is 2.22. The van der Waals surface area contributed by atoms with Crippen LogP contribution >= 0.6 is 23.8 Å². The Morgan fingerprint density at radius 2 is 1.35 bits per heavy atom. The lowest BCUT2D eigenvalue weighted by Crippen LogP contribution is -2.23. The van der Waals surface area contributed by atoms with Crippen molar-refractivity contribution in [3.63, 3.8) is 0 Å². The van der Waals surface area contributed by atoms with E-state index < -0.39 is 11.4 Å². The number of ether oxygens (including phenoxy) is 2. The molecule has 172 valence electrons. The molecule has 0 radical (unpaired) electrons. The smallest absolute Gasteiger partial charge is 0.290 e. The molecule has 0 bridgehead atoms. The van der Waals surface area contributed by atoms with Gasteiger partial charge in [-0.2, -0.15) is 0 Å². The van der Waals surface area contributed by atoms with Crippen LogP contribution < -0.4 is 15.0 Å². The molecule has 0 aliphatic carbocycles. The molecule has 0 fully saturated rings. The molecule has 10 heteroatoms. The van der Waals surface area contributed by atoms with Gasteiger partial charge in [-0.25, -0.2) is 4.57 Å². The number of nitrogens with zero attached hydrogens (tertiary/aromatic N) is 4. The quantitative estimate of drug-likeness (QED) is 0.256. The molecule has 0 spiro atoms. The molecule has 0 amide bonds. The minimum absolute atomic E-state index is 0.0202. The van der Waals surface area contributed by atoms with Gasteiger partial charge in [-0.1, -0.05) is 48.0 Å². The Kier molecular flexibility index (Phi) is 6.76. The van der Waals surface area contributed by atoms with Gasteiger partial charge in [0.1, 0.15) is 17.2 Å². The number of para-hydroxylation sites is 4. The number of hydrogen-bond donors (Lipinski definition) is 1. The van der Waals surface area contributed by atoms with E-state index >= 15 is 0 Å². The molecular weight excluding hydrogens is 476 g/mol. The fourth-order valence-electron chi connectivity index (χ4n) is 3.37. The highest BCUT2D eigenvalue weighted by atomic mass is 35.5. The summed E-state index contributed by atoms with van der Waals surface area (Å²) in [4.78, 5) is 13.6. The van der Waals surface area contributed by atoms with E-state index in [9.17, 15) is 9.90 Å². The summed E-state index contributed by atoms with van der Waals surface area (Å²) >= 11 is 11.8. The lowest BCUT2D eigenvalue weighted by molar-refractivity contribution is 0.400. The molecule has 3 aromatic carbocycles. The average molecular weight is 495 g/mol. The molecule has 0 unspecified atom stereocenters. The van der Waals surface area contributed by atoms with Crippen molar-refractivity contribution in [2.75, 3.05) is 14.2 Å². The van der Waals surface area contributed by atoms with Crippen LogP contribution in [-0.2, 0) is 0 Å². The second kappa shape index (κ2) is 9.90. The van der Waals surface area contributed by atoms with Crippen LogP contribution in [0.25, 0.3) is 11.4 Å². The molecule has 0 aliphatic heterocycles. The predicted octanol–water partition coefficient (Wildman–Crippen LogP) is 6.15. The summed E-state index contributed by atoms with van der Waals surface area (Å²) in [7, 11) is 2.98.